The molecule has 4 heterocycles. The molecule has 38 heavy (non-hydrogen) atoms. The number of aromatic nitrogens is 3. The van der Waals surface area contributed by atoms with E-state index in [2.05, 4.69) is 58.1 Å². The lowest BCUT2D eigenvalue weighted by Crippen LogP contribution is -2.44. The fourth-order valence-electron chi connectivity index (χ4n) is 5.11. The van der Waals surface area contributed by atoms with E-state index < -0.39 is 0 Å². The Kier molecular flexibility index (Phi) is 10.5. The molecule has 2 aliphatic rings. The molecule has 2 fully saturated rings. The van der Waals surface area contributed by atoms with Crippen LogP contribution >= 0.6 is 37.2 Å². The first-order chi connectivity index (χ1) is 17.2. The minimum Gasteiger partial charge on any atom is -0.475 e. The molecule has 2 aromatic heterocycles. The third-order valence-corrected chi connectivity index (χ3v) is 7.20. The average Bonchev–Trinajstić information content (AvgIpc) is 3.32. The van der Waals surface area contributed by atoms with E-state index in [1.54, 1.807) is 0 Å². The van der Waals surface area contributed by atoms with Gasteiger partial charge in [0.15, 0.2) is 0 Å². The van der Waals surface area contributed by atoms with Crippen LogP contribution in [0.1, 0.15) is 19.8 Å². The van der Waals surface area contributed by atoms with Crippen molar-refractivity contribution in [2.45, 2.75) is 32.0 Å². The van der Waals surface area contributed by atoms with Crippen LogP contribution in [0.15, 0.2) is 54.9 Å². The number of pyridine rings is 1. The van der Waals surface area contributed by atoms with E-state index in [-0.39, 0.29) is 43.4 Å². The summed E-state index contributed by atoms with van der Waals surface area (Å²) in [5.74, 6) is 1.68. The summed E-state index contributed by atoms with van der Waals surface area (Å²) in [5.41, 5.74) is 10.2. The van der Waals surface area contributed by atoms with Crippen molar-refractivity contribution in [1.29, 1.82) is 0 Å². The molecule has 8 nitrogen and oxygen atoms in total. The van der Waals surface area contributed by atoms with Gasteiger partial charge in [-0.2, -0.15) is 0 Å². The molecule has 2 aliphatic heterocycles. The zero-order chi connectivity index (χ0) is 23.8. The third-order valence-electron chi connectivity index (χ3n) is 7.20. The number of piperidine rings is 1. The van der Waals surface area contributed by atoms with E-state index in [9.17, 15) is 0 Å². The first-order valence-corrected chi connectivity index (χ1v) is 12.5. The first kappa shape index (κ1) is 30.2. The Bertz CT molecular complexity index is 1340. The number of halogens is 3. The van der Waals surface area contributed by atoms with Gasteiger partial charge in [-0.05, 0) is 50.1 Å². The molecule has 2 aromatic carbocycles. The Morgan fingerprint density at radius 3 is 2.50 bits per heavy atom. The maximum Gasteiger partial charge on any atom is 0.149 e. The summed E-state index contributed by atoms with van der Waals surface area (Å²) in [5, 5.41) is 1.14. The maximum absolute atomic E-state index is 6.22. The summed E-state index contributed by atoms with van der Waals surface area (Å²) in [6.07, 6.45) is 3.85. The standard InChI is InChI=1S/C27H32N6O2.3ClH/c1-19(31-13-15-34-16-14-31)35-22-6-7-24-23(17-22)29-18-33(24)26-8-5-20-3-2-4-25(27(20)30-26)32-11-9-21(28)10-12-32;;;/h2-8,17-19,21H,9-16,28H2,1H3;3*1H. The molecule has 0 spiro atoms. The Morgan fingerprint density at radius 2 is 1.74 bits per heavy atom. The van der Waals surface area contributed by atoms with Crippen LogP contribution in [-0.4, -0.2) is 71.1 Å². The van der Waals surface area contributed by atoms with E-state index >= 15 is 0 Å². The fraction of sp³-hybridized carbons (Fsp3) is 0.407. The van der Waals surface area contributed by atoms with Gasteiger partial charge in [-0.25, -0.2) is 9.97 Å². The summed E-state index contributed by atoms with van der Waals surface area (Å²) in [6, 6.07) is 17.0. The van der Waals surface area contributed by atoms with E-state index in [1.807, 2.05) is 23.0 Å². The third kappa shape index (κ3) is 6.11. The smallest absolute Gasteiger partial charge is 0.149 e. The molecule has 0 amide bonds. The van der Waals surface area contributed by atoms with Gasteiger partial charge in [0.1, 0.15) is 24.1 Å². The van der Waals surface area contributed by atoms with Crippen LogP contribution in [0.5, 0.6) is 5.75 Å². The molecule has 11 heteroatoms. The summed E-state index contributed by atoms with van der Waals surface area (Å²) < 4.78 is 13.7. The van der Waals surface area contributed by atoms with Crippen molar-refractivity contribution < 1.29 is 9.47 Å². The zero-order valence-electron chi connectivity index (χ0n) is 21.4. The lowest BCUT2D eigenvalue weighted by Gasteiger charge is -2.32. The molecule has 2 N–H and O–H groups in total. The minimum absolute atomic E-state index is 0. The zero-order valence-corrected chi connectivity index (χ0v) is 23.8. The number of para-hydroxylation sites is 1. The van der Waals surface area contributed by atoms with Crippen molar-refractivity contribution in [3.63, 3.8) is 0 Å². The molecule has 2 saturated heterocycles. The Morgan fingerprint density at radius 1 is 0.974 bits per heavy atom. The molecular weight excluding hydrogens is 547 g/mol. The molecule has 4 aromatic rings. The molecule has 1 atom stereocenters. The van der Waals surface area contributed by atoms with Crippen LogP contribution in [0, 0.1) is 0 Å². The quantitative estimate of drug-likeness (QED) is 0.362. The van der Waals surface area contributed by atoms with Crippen molar-refractivity contribution >= 4 is 64.8 Å². The predicted molar refractivity (Wildman–Crippen MR) is 160 cm³/mol. The van der Waals surface area contributed by atoms with E-state index in [0.29, 0.717) is 6.04 Å². The monoisotopic (exact) mass is 580 g/mol. The highest BCUT2D eigenvalue weighted by Crippen LogP contribution is 2.30. The highest BCUT2D eigenvalue weighted by molar-refractivity contribution is 5.92. The van der Waals surface area contributed by atoms with E-state index in [0.717, 1.165) is 85.7 Å². The number of anilines is 1. The number of nitrogens with two attached hydrogens (primary N) is 1. The average molecular weight is 582 g/mol. The lowest BCUT2D eigenvalue weighted by atomic mass is 10.0. The van der Waals surface area contributed by atoms with Crippen LogP contribution in [0.25, 0.3) is 27.8 Å². The molecule has 206 valence electrons. The number of imidazole rings is 1. The molecule has 0 bridgehead atoms. The highest BCUT2D eigenvalue weighted by Gasteiger charge is 2.20. The molecule has 6 rings (SSSR count). The van der Waals surface area contributed by atoms with Gasteiger partial charge in [0.25, 0.3) is 0 Å². The van der Waals surface area contributed by atoms with Crippen LogP contribution < -0.4 is 15.4 Å². The van der Waals surface area contributed by atoms with Gasteiger partial charge in [-0.3, -0.25) is 9.47 Å². The second kappa shape index (κ2) is 13.2. The number of nitrogens with zero attached hydrogens (tertiary/aromatic N) is 5. The number of hydrogen-bond donors (Lipinski definition) is 1. The molecule has 0 saturated carbocycles. The Labute approximate surface area is 241 Å². The van der Waals surface area contributed by atoms with Crippen molar-refractivity contribution in [1.82, 2.24) is 19.4 Å². The van der Waals surface area contributed by atoms with Crippen LogP contribution in [0.2, 0.25) is 0 Å². The molecule has 0 aliphatic carbocycles. The topological polar surface area (TPSA) is 81.7 Å². The predicted octanol–water partition coefficient (Wildman–Crippen LogP) is 4.82. The van der Waals surface area contributed by atoms with Crippen molar-refractivity contribution in [3.05, 3.63) is 54.9 Å². The van der Waals surface area contributed by atoms with Crippen LogP contribution in [-0.2, 0) is 4.74 Å². The number of hydrogen-bond acceptors (Lipinski definition) is 7. The molecule has 0 radical (unpaired) electrons. The largest absolute Gasteiger partial charge is 0.475 e. The second-order valence-corrected chi connectivity index (χ2v) is 9.47. The number of benzene rings is 2. The summed E-state index contributed by atoms with van der Waals surface area (Å²) in [6.45, 7) is 7.29. The SMILES string of the molecule is CC(Oc1ccc2c(c1)ncn2-c1ccc2cccc(N3CCC(N)CC3)c2n1)N1CCOCC1.Cl.Cl.Cl. The van der Waals surface area contributed by atoms with Crippen molar-refractivity contribution in [2.75, 3.05) is 44.3 Å². The van der Waals surface area contributed by atoms with Crippen molar-refractivity contribution in [3.8, 4) is 11.6 Å². The first-order valence-electron chi connectivity index (χ1n) is 12.5. The molecular formula is C27H35Cl3N6O2. The van der Waals surface area contributed by atoms with Gasteiger partial charge in [0, 0.05) is 43.7 Å². The summed E-state index contributed by atoms with van der Waals surface area (Å²) in [4.78, 5) is 14.5. The van der Waals surface area contributed by atoms with Crippen LogP contribution in [0.3, 0.4) is 0 Å². The van der Waals surface area contributed by atoms with Gasteiger partial charge in [-0.15, -0.1) is 37.2 Å². The van der Waals surface area contributed by atoms with Gasteiger partial charge < -0.3 is 20.1 Å². The molecule has 1 unspecified atom stereocenters. The summed E-state index contributed by atoms with van der Waals surface area (Å²) in [7, 11) is 0. The van der Waals surface area contributed by atoms with E-state index in [4.69, 9.17) is 20.2 Å². The maximum atomic E-state index is 6.22. The lowest BCUT2D eigenvalue weighted by molar-refractivity contribution is -0.0372. The van der Waals surface area contributed by atoms with Gasteiger partial charge >= 0.3 is 0 Å². The van der Waals surface area contributed by atoms with E-state index in [1.165, 1.54) is 5.69 Å². The Balaban J connectivity index is 0.00000133. The van der Waals surface area contributed by atoms with Gasteiger partial charge in [-0.1, -0.05) is 12.1 Å². The fourth-order valence-corrected chi connectivity index (χ4v) is 5.11. The number of morpholine rings is 1. The second-order valence-electron chi connectivity index (χ2n) is 9.47. The van der Waals surface area contributed by atoms with Gasteiger partial charge in [0.05, 0.1) is 35.5 Å². The number of ether oxygens (including phenoxy) is 2. The van der Waals surface area contributed by atoms with Crippen LogP contribution in [0.4, 0.5) is 5.69 Å². The Hall–Kier alpha value is -2.33. The minimum atomic E-state index is -0.0108. The number of rotatable bonds is 5. The normalized spacial score (nSPS) is 17.4. The van der Waals surface area contributed by atoms with Crippen molar-refractivity contribution in [2.24, 2.45) is 5.73 Å². The van der Waals surface area contributed by atoms with Gasteiger partial charge in [0.2, 0.25) is 0 Å². The summed E-state index contributed by atoms with van der Waals surface area (Å²) >= 11 is 0. The number of fused-ring (bicyclic) bond motifs is 2. The highest BCUT2D eigenvalue weighted by atomic mass is 35.5.